The summed E-state index contributed by atoms with van der Waals surface area (Å²) in [4.78, 5) is 0. The Morgan fingerprint density at radius 3 is 1.20 bits per heavy atom. The van der Waals surface area contributed by atoms with E-state index in [-0.39, 0.29) is 0 Å². The zero-order valence-electron chi connectivity index (χ0n) is 41.4. The van der Waals surface area contributed by atoms with Crippen LogP contribution in [0, 0.1) is 0 Å². The van der Waals surface area contributed by atoms with Crippen LogP contribution in [0.3, 0.4) is 0 Å². The van der Waals surface area contributed by atoms with Crippen LogP contribution in [0.4, 0.5) is 0 Å². The molecule has 74 heavy (non-hydrogen) atoms. The fraction of sp³-hybridized carbons (Fsp3) is 0.0278. The normalized spacial score (nSPS) is 12.6. The highest BCUT2D eigenvalue weighted by molar-refractivity contribution is 7.03. The Morgan fingerprint density at radius 2 is 0.649 bits per heavy atom. The third kappa shape index (κ3) is 7.45. The highest BCUT2D eigenvalue weighted by Crippen LogP contribution is 2.40. The van der Waals surface area contributed by atoms with E-state index in [0.717, 1.165) is 0 Å². The van der Waals surface area contributed by atoms with Crippen LogP contribution in [-0.2, 0) is 0 Å². The molecule has 0 bridgehead atoms. The van der Waals surface area contributed by atoms with Gasteiger partial charge in [-0.3, -0.25) is 0 Å². The lowest BCUT2D eigenvalue weighted by atomic mass is 9.94. The van der Waals surface area contributed by atoms with Gasteiger partial charge in [0.25, 0.3) is 0 Å². The number of hydrogen-bond donors (Lipinski definition) is 0. The average Bonchev–Trinajstić information content (AvgIpc) is 3.96. The summed E-state index contributed by atoms with van der Waals surface area (Å²) in [5.74, 6) is 0. The standard InChI is InChI=1S/C72H51NSi/c1-74(2)71-45-60(48-12-4-3-5-13-48)38-41-66(71)67-42-40-61(46-72(67)74)73-47-69(58-36-30-52(31-37-58)51-28-34-57(35-29-51)65-21-11-17-55-15-7-9-19-63(55)65)68-44-59(39-43-70(68)73)53-24-22-49(23-25-53)50-26-32-56(33-27-50)64-20-10-16-54-14-6-8-18-62(54)64/h3-47H,1-2H3. The third-order valence-corrected chi connectivity index (χ3v) is 19.4. The third-order valence-electron chi connectivity index (χ3n) is 15.9. The van der Waals surface area contributed by atoms with Gasteiger partial charge in [0, 0.05) is 22.8 Å². The van der Waals surface area contributed by atoms with Crippen LogP contribution >= 0.6 is 0 Å². The van der Waals surface area contributed by atoms with Crippen LogP contribution in [0.2, 0.25) is 13.1 Å². The predicted molar refractivity (Wildman–Crippen MR) is 319 cm³/mol. The Morgan fingerprint density at radius 1 is 0.257 bits per heavy atom. The molecule has 13 aromatic rings. The molecule has 1 aliphatic heterocycles. The molecule has 348 valence electrons. The van der Waals surface area contributed by atoms with Crippen molar-refractivity contribution in [2.75, 3.05) is 0 Å². The van der Waals surface area contributed by atoms with Gasteiger partial charge < -0.3 is 4.57 Å². The minimum Gasteiger partial charge on any atom is -0.316 e. The predicted octanol–water partition coefficient (Wildman–Crippen LogP) is 18.4. The van der Waals surface area contributed by atoms with Gasteiger partial charge in [-0.15, -0.1) is 0 Å². The molecule has 0 spiro atoms. The molecule has 1 aromatic heterocycles. The van der Waals surface area contributed by atoms with Crippen molar-refractivity contribution in [1.82, 2.24) is 4.57 Å². The van der Waals surface area contributed by atoms with Gasteiger partial charge in [0.1, 0.15) is 8.07 Å². The van der Waals surface area contributed by atoms with Gasteiger partial charge in [-0.1, -0.05) is 256 Å². The Balaban J connectivity index is 0.819. The van der Waals surface area contributed by atoms with Gasteiger partial charge in [-0.2, -0.15) is 0 Å². The zero-order chi connectivity index (χ0) is 49.3. The second-order valence-corrected chi connectivity index (χ2v) is 24.8. The number of benzene rings is 12. The van der Waals surface area contributed by atoms with E-state index in [0.29, 0.717) is 0 Å². The number of rotatable bonds is 8. The molecule has 1 aliphatic rings. The highest BCUT2D eigenvalue weighted by Gasteiger charge is 2.38. The van der Waals surface area contributed by atoms with Gasteiger partial charge in [0.05, 0.1) is 5.52 Å². The summed E-state index contributed by atoms with van der Waals surface area (Å²) in [5.41, 5.74) is 22.3. The summed E-state index contributed by atoms with van der Waals surface area (Å²) in [5, 5.41) is 9.32. The highest BCUT2D eigenvalue weighted by atomic mass is 28.3. The first-order chi connectivity index (χ1) is 36.4. The Bertz CT molecular complexity index is 4270. The zero-order valence-corrected chi connectivity index (χ0v) is 42.4. The number of fused-ring (bicyclic) bond motifs is 6. The van der Waals surface area contributed by atoms with E-state index in [1.807, 2.05) is 0 Å². The van der Waals surface area contributed by atoms with E-state index in [1.54, 1.807) is 0 Å². The first kappa shape index (κ1) is 43.7. The second kappa shape index (κ2) is 17.6. The van der Waals surface area contributed by atoms with Gasteiger partial charge >= 0.3 is 0 Å². The maximum atomic E-state index is 2.52. The van der Waals surface area contributed by atoms with Crippen molar-refractivity contribution in [3.63, 3.8) is 0 Å². The maximum absolute atomic E-state index is 2.52. The Kier molecular flexibility index (Phi) is 10.4. The molecule has 1 nitrogen and oxygen atoms in total. The molecule has 0 atom stereocenters. The molecular formula is C72H51NSi. The van der Waals surface area contributed by atoms with Crippen molar-refractivity contribution >= 4 is 50.9 Å². The first-order valence-electron chi connectivity index (χ1n) is 25.8. The van der Waals surface area contributed by atoms with Crippen LogP contribution in [0.15, 0.2) is 273 Å². The maximum Gasteiger partial charge on any atom is 0.113 e. The molecule has 2 heteroatoms. The molecule has 0 saturated carbocycles. The fourth-order valence-corrected chi connectivity index (χ4v) is 15.0. The van der Waals surface area contributed by atoms with Crippen LogP contribution in [0.1, 0.15) is 0 Å². The van der Waals surface area contributed by atoms with E-state index in [9.17, 15) is 0 Å². The summed E-state index contributed by atoms with van der Waals surface area (Å²) in [6, 6.07) is 98.9. The number of hydrogen-bond acceptors (Lipinski definition) is 0. The largest absolute Gasteiger partial charge is 0.316 e. The first-order valence-corrected chi connectivity index (χ1v) is 28.8. The summed E-state index contributed by atoms with van der Waals surface area (Å²) < 4.78 is 2.43. The van der Waals surface area contributed by atoms with E-state index in [2.05, 4.69) is 291 Å². The minimum absolute atomic E-state index is 1.20. The van der Waals surface area contributed by atoms with Crippen molar-refractivity contribution in [1.29, 1.82) is 0 Å². The average molecular weight is 958 g/mol. The SMILES string of the molecule is C[Si]1(C)c2cc(-c3ccccc3)ccc2-c2ccc(-n3cc(-c4ccc(-c5ccc(-c6cccc7ccccc67)cc5)cc4)c4cc(-c5ccc(-c6ccc(-c7cccc8ccccc78)cc6)cc5)ccc43)cc21. The lowest BCUT2D eigenvalue weighted by Crippen LogP contribution is -2.49. The summed E-state index contributed by atoms with van der Waals surface area (Å²) in [6.07, 6.45) is 2.37. The monoisotopic (exact) mass is 957 g/mol. The molecule has 0 amide bonds. The van der Waals surface area contributed by atoms with Crippen LogP contribution in [0.5, 0.6) is 0 Å². The van der Waals surface area contributed by atoms with E-state index >= 15 is 0 Å². The minimum atomic E-state index is -2.03. The summed E-state index contributed by atoms with van der Waals surface area (Å²) in [6.45, 7) is 5.04. The fourth-order valence-electron chi connectivity index (χ4n) is 11.9. The van der Waals surface area contributed by atoms with Crippen molar-refractivity contribution in [2.24, 2.45) is 0 Å². The summed E-state index contributed by atoms with van der Waals surface area (Å²) in [7, 11) is -2.03. The van der Waals surface area contributed by atoms with E-state index in [4.69, 9.17) is 0 Å². The lowest BCUT2D eigenvalue weighted by molar-refractivity contribution is 1.13. The van der Waals surface area contributed by atoms with Crippen molar-refractivity contribution < 1.29 is 0 Å². The molecule has 0 aliphatic carbocycles. The van der Waals surface area contributed by atoms with Gasteiger partial charge in [-0.25, -0.2) is 0 Å². The Labute approximate surface area is 434 Å². The molecular weight excluding hydrogens is 907 g/mol. The molecule has 0 unspecified atom stereocenters. The van der Waals surface area contributed by atoms with E-state index in [1.165, 1.54) is 138 Å². The quantitative estimate of drug-likeness (QED) is 0.134. The van der Waals surface area contributed by atoms with Crippen molar-refractivity contribution in [3.05, 3.63) is 273 Å². The van der Waals surface area contributed by atoms with Gasteiger partial charge in [-0.05, 0) is 140 Å². The smallest absolute Gasteiger partial charge is 0.113 e. The van der Waals surface area contributed by atoms with Crippen LogP contribution < -0.4 is 10.4 Å². The topological polar surface area (TPSA) is 4.93 Å². The van der Waals surface area contributed by atoms with Crippen LogP contribution in [-0.4, -0.2) is 12.6 Å². The van der Waals surface area contributed by atoms with Gasteiger partial charge in [0.2, 0.25) is 0 Å². The van der Waals surface area contributed by atoms with Crippen molar-refractivity contribution in [3.8, 4) is 94.7 Å². The summed E-state index contributed by atoms with van der Waals surface area (Å²) >= 11 is 0. The van der Waals surface area contributed by atoms with Gasteiger partial charge in [0.15, 0.2) is 0 Å². The second-order valence-electron chi connectivity index (χ2n) is 20.5. The van der Waals surface area contributed by atoms with E-state index < -0.39 is 8.07 Å². The molecule has 0 saturated heterocycles. The molecule has 12 aromatic carbocycles. The number of aromatic nitrogens is 1. The molecule has 14 rings (SSSR count). The lowest BCUT2D eigenvalue weighted by Gasteiger charge is -2.20. The van der Waals surface area contributed by atoms with Crippen molar-refractivity contribution in [2.45, 2.75) is 13.1 Å². The molecule has 2 heterocycles. The number of nitrogens with zero attached hydrogens (tertiary/aromatic N) is 1. The molecule has 0 fully saturated rings. The Hall–Kier alpha value is -9.08. The molecule has 0 radical (unpaired) electrons. The van der Waals surface area contributed by atoms with Crippen LogP contribution in [0.25, 0.3) is 127 Å². The molecule has 0 N–H and O–H groups in total.